The zero-order chi connectivity index (χ0) is 23.0. The monoisotopic (exact) mass is 457 g/mol. The standard InChI is InChI=1S/C25H23N5O2S/c1-18(19-9-5-3-6-10-19)26-27-23(31)17-33-25-29-28-24(20-11-7-4-8-12-20)30(25)21-13-15-22(32-2)16-14-21/h3-16H,17H2,1-2H3,(H,27,31)/b26-18-. The van der Waals surface area contributed by atoms with Crippen molar-refractivity contribution >= 4 is 23.4 Å². The first kappa shape index (κ1) is 22.3. The van der Waals surface area contributed by atoms with E-state index in [0.717, 1.165) is 28.3 Å². The molecule has 0 radical (unpaired) electrons. The van der Waals surface area contributed by atoms with Crippen LogP contribution in [0.25, 0.3) is 17.1 Å². The van der Waals surface area contributed by atoms with Gasteiger partial charge in [-0.3, -0.25) is 9.36 Å². The lowest BCUT2D eigenvalue weighted by atomic mass is 10.1. The number of nitrogens with one attached hydrogen (secondary N) is 1. The molecule has 1 aromatic heterocycles. The van der Waals surface area contributed by atoms with Crippen LogP contribution >= 0.6 is 11.8 Å². The molecule has 33 heavy (non-hydrogen) atoms. The van der Waals surface area contributed by atoms with E-state index in [9.17, 15) is 4.79 Å². The fourth-order valence-electron chi connectivity index (χ4n) is 3.15. The highest BCUT2D eigenvalue weighted by atomic mass is 32.2. The molecule has 1 N–H and O–H groups in total. The van der Waals surface area contributed by atoms with Crippen molar-refractivity contribution in [1.82, 2.24) is 20.2 Å². The van der Waals surface area contributed by atoms with Crippen LogP contribution in [0.3, 0.4) is 0 Å². The Morgan fingerprint density at radius 2 is 1.64 bits per heavy atom. The number of nitrogens with zero attached hydrogens (tertiary/aromatic N) is 4. The second kappa shape index (κ2) is 10.6. The number of hydrazone groups is 1. The van der Waals surface area contributed by atoms with Gasteiger partial charge in [-0.05, 0) is 36.8 Å². The Morgan fingerprint density at radius 3 is 2.30 bits per heavy atom. The Kier molecular flexibility index (Phi) is 7.16. The van der Waals surface area contributed by atoms with Crippen molar-refractivity contribution in [3.05, 3.63) is 90.5 Å². The van der Waals surface area contributed by atoms with E-state index in [1.54, 1.807) is 7.11 Å². The van der Waals surface area contributed by atoms with Gasteiger partial charge in [0.1, 0.15) is 5.75 Å². The van der Waals surface area contributed by atoms with Crippen molar-refractivity contribution in [2.75, 3.05) is 12.9 Å². The number of carbonyl (C=O) groups excluding carboxylic acids is 1. The van der Waals surface area contributed by atoms with Crippen LogP contribution in [0.15, 0.2) is 95.2 Å². The van der Waals surface area contributed by atoms with Gasteiger partial charge in [0.2, 0.25) is 0 Å². The summed E-state index contributed by atoms with van der Waals surface area (Å²) < 4.78 is 7.21. The molecule has 3 aromatic carbocycles. The predicted octanol–water partition coefficient (Wildman–Crippen LogP) is 4.58. The molecule has 0 bridgehead atoms. The van der Waals surface area contributed by atoms with Crippen LogP contribution in [0.5, 0.6) is 5.75 Å². The lowest BCUT2D eigenvalue weighted by Crippen LogP contribution is -2.21. The van der Waals surface area contributed by atoms with Crippen LogP contribution in [-0.2, 0) is 4.79 Å². The van der Waals surface area contributed by atoms with Gasteiger partial charge in [0.25, 0.3) is 5.91 Å². The van der Waals surface area contributed by atoms with Crippen molar-refractivity contribution < 1.29 is 9.53 Å². The highest BCUT2D eigenvalue weighted by molar-refractivity contribution is 7.99. The van der Waals surface area contributed by atoms with Gasteiger partial charge in [-0.15, -0.1) is 10.2 Å². The minimum absolute atomic E-state index is 0.147. The van der Waals surface area contributed by atoms with Crippen molar-refractivity contribution in [1.29, 1.82) is 0 Å². The molecule has 0 atom stereocenters. The lowest BCUT2D eigenvalue weighted by molar-refractivity contribution is -0.118. The maximum Gasteiger partial charge on any atom is 0.250 e. The molecular weight excluding hydrogens is 434 g/mol. The van der Waals surface area contributed by atoms with Crippen LogP contribution < -0.4 is 10.2 Å². The molecule has 4 aromatic rings. The molecule has 0 saturated heterocycles. The maximum absolute atomic E-state index is 12.4. The SMILES string of the molecule is COc1ccc(-n2c(SCC(=O)N/N=C(/C)c3ccccc3)nnc2-c2ccccc2)cc1. The van der Waals surface area contributed by atoms with E-state index in [1.807, 2.05) is 96.4 Å². The Bertz CT molecular complexity index is 1240. The molecule has 8 heteroatoms. The first-order chi connectivity index (χ1) is 16.2. The molecule has 166 valence electrons. The van der Waals surface area contributed by atoms with Crippen LogP contribution in [0.1, 0.15) is 12.5 Å². The Balaban J connectivity index is 1.53. The number of amides is 1. The van der Waals surface area contributed by atoms with Gasteiger partial charge in [0, 0.05) is 11.3 Å². The van der Waals surface area contributed by atoms with Gasteiger partial charge < -0.3 is 4.74 Å². The fourth-order valence-corrected chi connectivity index (χ4v) is 3.90. The summed E-state index contributed by atoms with van der Waals surface area (Å²) in [7, 11) is 1.63. The third kappa shape index (κ3) is 5.48. The third-order valence-corrected chi connectivity index (χ3v) is 5.80. The summed E-state index contributed by atoms with van der Waals surface area (Å²) in [6, 6.07) is 27.2. The molecule has 0 aliphatic rings. The summed E-state index contributed by atoms with van der Waals surface area (Å²) in [5.41, 5.74) is 6.12. The second-order valence-corrected chi connectivity index (χ2v) is 8.04. The van der Waals surface area contributed by atoms with E-state index >= 15 is 0 Å². The molecular formula is C25H23N5O2S. The van der Waals surface area contributed by atoms with Gasteiger partial charge in [-0.2, -0.15) is 5.10 Å². The van der Waals surface area contributed by atoms with E-state index in [2.05, 4.69) is 20.7 Å². The summed E-state index contributed by atoms with van der Waals surface area (Å²) in [5.74, 6) is 1.38. The lowest BCUT2D eigenvalue weighted by Gasteiger charge is -2.11. The van der Waals surface area contributed by atoms with E-state index in [4.69, 9.17) is 4.74 Å². The molecule has 1 amide bonds. The average Bonchev–Trinajstić information content (AvgIpc) is 3.31. The number of carbonyl (C=O) groups is 1. The zero-order valence-electron chi connectivity index (χ0n) is 18.3. The zero-order valence-corrected chi connectivity index (χ0v) is 19.1. The van der Waals surface area contributed by atoms with Gasteiger partial charge in [-0.25, -0.2) is 5.43 Å². The van der Waals surface area contributed by atoms with Crippen molar-refractivity contribution in [3.8, 4) is 22.8 Å². The molecule has 0 aliphatic carbocycles. The molecule has 0 aliphatic heterocycles. The number of ether oxygens (including phenoxy) is 1. The van der Waals surface area contributed by atoms with Crippen molar-refractivity contribution in [3.63, 3.8) is 0 Å². The van der Waals surface area contributed by atoms with Gasteiger partial charge in [-0.1, -0.05) is 72.4 Å². The third-order valence-electron chi connectivity index (χ3n) is 4.87. The summed E-state index contributed by atoms with van der Waals surface area (Å²) >= 11 is 1.30. The maximum atomic E-state index is 12.4. The highest BCUT2D eigenvalue weighted by Gasteiger charge is 2.17. The van der Waals surface area contributed by atoms with Gasteiger partial charge >= 0.3 is 0 Å². The van der Waals surface area contributed by atoms with Crippen molar-refractivity contribution in [2.45, 2.75) is 12.1 Å². The number of hydrogen-bond donors (Lipinski definition) is 1. The first-order valence-electron chi connectivity index (χ1n) is 10.3. The average molecular weight is 458 g/mol. The minimum atomic E-state index is -0.221. The molecule has 0 spiro atoms. The summed E-state index contributed by atoms with van der Waals surface area (Å²) in [6.07, 6.45) is 0. The molecule has 0 saturated carbocycles. The predicted molar refractivity (Wildman–Crippen MR) is 131 cm³/mol. The first-order valence-corrected chi connectivity index (χ1v) is 11.3. The number of methoxy groups -OCH3 is 1. The van der Waals surface area contributed by atoms with Crippen LogP contribution in [-0.4, -0.2) is 39.2 Å². The summed E-state index contributed by atoms with van der Waals surface area (Å²) in [5, 5.41) is 13.6. The van der Waals surface area contributed by atoms with Crippen LogP contribution in [0.2, 0.25) is 0 Å². The van der Waals surface area contributed by atoms with E-state index < -0.39 is 0 Å². The summed E-state index contributed by atoms with van der Waals surface area (Å²) in [6.45, 7) is 1.86. The Morgan fingerprint density at radius 1 is 0.970 bits per heavy atom. The molecule has 4 rings (SSSR count). The molecule has 7 nitrogen and oxygen atoms in total. The molecule has 0 unspecified atom stereocenters. The smallest absolute Gasteiger partial charge is 0.250 e. The molecule has 1 heterocycles. The largest absolute Gasteiger partial charge is 0.497 e. The van der Waals surface area contributed by atoms with Gasteiger partial charge in [0.15, 0.2) is 11.0 Å². The second-order valence-electron chi connectivity index (χ2n) is 7.09. The van der Waals surface area contributed by atoms with Crippen molar-refractivity contribution in [2.24, 2.45) is 5.10 Å². The topological polar surface area (TPSA) is 81.4 Å². The van der Waals surface area contributed by atoms with E-state index in [-0.39, 0.29) is 11.7 Å². The normalized spacial score (nSPS) is 11.3. The minimum Gasteiger partial charge on any atom is -0.497 e. The number of rotatable bonds is 8. The number of thioether (sulfide) groups is 1. The fraction of sp³-hybridized carbons (Fsp3) is 0.120. The Labute approximate surface area is 196 Å². The highest BCUT2D eigenvalue weighted by Crippen LogP contribution is 2.28. The summed E-state index contributed by atoms with van der Waals surface area (Å²) in [4.78, 5) is 12.4. The van der Waals surface area contributed by atoms with Crippen LogP contribution in [0.4, 0.5) is 0 Å². The number of benzene rings is 3. The van der Waals surface area contributed by atoms with Gasteiger partial charge in [0.05, 0.1) is 18.6 Å². The van der Waals surface area contributed by atoms with Crippen LogP contribution in [0, 0.1) is 0 Å². The van der Waals surface area contributed by atoms with E-state index in [0.29, 0.717) is 11.0 Å². The number of aromatic nitrogens is 3. The quantitative estimate of drug-likeness (QED) is 0.238. The molecule has 0 fully saturated rings. The number of hydrogen-bond acceptors (Lipinski definition) is 6. The van der Waals surface area contributed by atoms with E-state index in [1.165, 1.54) is 11.8 Å². The Hall–Kier alpha value is -3.91.